The van der Waals surface area contributed by atoms with Crippen molar-refractivity contribution in [2.75, 3.05) is 20.1 Å². The minimum Gasteiger partial charge on any atom is -0.361 e. The summed E-state index contributed by atoms with van der Waals surface area (Å²) >= 11 is 1.17. The van der Waals surface area contributed by atoms with Gasteiger partial charge in [-0.05, 0) is 31.9 Å². The van der Waals surface area contributed by atoms with Crippen molar-refractivity contribution in [2.24, 2.45) is 0 Å². The highest BCUT2D eigenvalue weighted by Crippen LogP contribution is 2.27. The van der Waals surface area contributed by atoms with Crippen molar-refractivity contribution in [1.29, 1.82) is 0 Å². The van der Waals surface area contributed by atoms with Crippen molar-refractivity contribution < 1.29 is 17.7 Å². The molecule has 136 valence electrons. The lowest BCUT2D eigenvalue weighted by Gasteiger charge is -2.15. The second-order valence-electron chi connectivity index (χ2n) is 6.19. The summed E-state index contributed by atoms with van der Waals surface area (Å²) in [7, 11) is -1.72. The number of aromatic nitrogens is 1. The Kier molecular flexibility index (Phi) is 5.26. The molecule has 0 atom stereocenters. The number of amides is 1. The van der Waals surface area contributed by atoms with Crippen LogP contribution in [0, 0.1) is 6.92 Å². The van der Waals surface area contributed by atoms with Crippen molar-refractivity contribution in [2.45, 2.75) is 36.9 Å². The van der Waals surface area contributed by atoms with Crippen molar-refractivity contribution in [3.05, 3.63) is 34.5 Å². The molecule has 0 bridgehead atoms. The standard InChI is InChI=1S/C16H21N3O4S2/c1-12-9-13(17-23-12)11-18(2)15(20)10-14-5-6-16(24-14)25(21,22)19-7-3-4-8-19/h5-6,9H,3-4,7-8,10-11H2,1-2H3. The van der Waals surface area contributed by atoms with Crippen molar-refractivity contribution in [3.8, 4) is 0 Å². The third-order valence-corrected chi connectivity index (χ3v) is 7.57. The minimum absolute atomic E-state index is 0.0902. The molecule has 2 aromatic heterocycles. The molecule has 1 amide bonds. The summed E-state index contributed by atoms with van der Waals surface area (Å²) in [4.78, 5) is 14.7. The first kappa shape index (κ1) is 18.1. The summed E-state index contributed by atoms with van der Waals surface area (Å²) in [6.45, 7) is 3.31. The van der Waals surface area contributed by atoms with Gasteiger partial charge in [-0.3, -0.25) is 4.79 Å². The Bertz CT molecular complexity index is 850. The first-order chi connectivity index (χ1) is 11.9. The molecule has 0 spiro atoms. The molecule has 0 unspecified atom stereocenters. The fraction of sp³-hybridized carbons (Fsp3) is 0.500. The van der Waals surface area contributed by atoms with E-state index in [-0.39, 0.29) is 12.3 Å². The zero-order chi connectivity index (χ0) is 18.0. The Morgan fingerprint density at radius 2 is 2.08 bits per heavy atom. The monoisotopic (exact) mass is 383 g/mol. The maximum Gasteiger partial charge on any atom is 0.252 e. The van der Waals surface area contributed by atoms with Gasteiger partial charge >= 0.3 is 0 Å². The maximum atomic E-state index is 12.5. The predicted molar refractivity (Wildman–Crippen MR) is 93.7 cm³/mol. The van der Waals surface area contributed by atoms with E-state index < -0.39 is 10.0 Å². The van der Waals surface area contributed by atoms with Gasteiger partial charge < -0.3 is 9.42 Å². The normalized spacial score (nSPS) is 15.6. The summed E-state index contributed by atoms with van der Waals surface area (Å²) in [5.41, 5.74) is 0.692. The summed E-state index contributed by atoms with van der Waals surface area (Å²) in [6, 6.07) is 5.11. The van der Waals surface area contributed by atoms with Gasteiger partial charge in [-0.15, -0.1) is 11.3 Å². The fourth-order valence-corrected chi connectivity index (χ4v) is 5.77. The van der Waals surface area contributed by atoms with E-state index in [2.05, 4.69) is 5.16 Å². The number of hydrogen-bond donors (Lipinski definition) is 0. The van der Waals surface area contributed by atoms with Gasteiger partial charge in [0.05, 0.1) is 13.0 Å². The van der Waals surface area contributed by atoms with E-state index in [1.807, 2.05) is 0 Å². The van der Waals surface area contributed by atoms with Crippen LogP contribution < -0.4 is 0 Å². The molecule has 1 fully saturated rings. The lowest BCUT2D eigenvalue weighted by Crippen LogP contribution is -2.27. The fourth-order valence-electron chi connectivity index (χ4n) is 2.76. The molecule has 2 aromatic rings. The van der Waals surface area contributed by atoms with Gasteiger partial charge in [-0.2, -0.15) is 4.31 Å². The molecule has 0 N–H and O–H groups in total. The average molecular weight is 383 g/mol. The Morgan fingerprint density at radius 3 is 2.72 bits per heavy atom. The third kappa shape index (κ3) is 4.10. The second-order valence-corrected chi connectivity index (χ2v) is 9.52. The van der Waals surface area contributed by atoms with Crippen LogP contribution in [0.1, 0.15) is 29.2 Å². The molecule has 25 heavy (non-hydrogen) atoms. The molecule has 0 aromatic carbocycles. The molecule has 3 heterocycles. The predicted octanol–water partition coefficient (Wildman–Crippen LogP) is 2.03. The molecule has 7 nitrogen and oxygen atoms in total. The number of nitrogens with zero attached hydrogens (tertiary/aromatic N) is 3. The largest absolute Gasteiger partial charge is 0.361 e. The Morgan fingerprint density at radius 1 is 1.36 bits per heavy atom. The summed E-state index contributed by atoms with van der Waals surface area (Å²) in [5.74, 6) is 0.610. The molecule has 1 saturated heterocycles. The van der Waals surface area contributed by atoms with Gasteiger partial charge in [0, 0.05) is 31.1 Å². The van der Waals surface area contributed by atoms with E-state index in [0.717, 1.165) is 17.7 Å². The highest BCUT2D eigenvalue weighted by atomic mass is 32.2. The van der Waals surface area contributed by atoms with E-state index >= 15 is 0 Å². The second kappa shape index (κ2) is 7.27. The zero-order valence-electron chi connectivity index (χ0n) is 14.3. The van der Waals surface area contributed by atoms with Gasteiger partial charge in [0.1, 0.15) is 15.7 Å². The van der Waals surface area contributed by atoms with E-state index in [9.17, 15) is 13.2 Å². The summed E-state index contributed by atoms with van der Waals surface area (Å²) in [6.07, 6.45) is 1.98. The minimum atomic E-state index is -3.42. The van der Waals surface area contributed by atoms with Gasteiger partial charge in [0.25, 0.3) is 10.0 Å². The molecule has 3 rings (SSSR count). The topological polar surface area (TPSA) is 83.7 Å². The highest BCUT2D eigenvalue weighted by Gasteiger charge is 2.28. The average Bonchev–Trinajstić information content (AvgIpc) is 3.28. The number of hydrogen-bond acceptors (Lipinski definition) is 6. The SMILES string of the molecule is Cc1cc(CN(C)C(=O)Cc2ccc(S(=O)(=O)N3CCCC3)s2)no1. The smallest absolute Gasteiger partial charge is 0.252 e. The van der Waals surface area contributed by atoms with Crippen molar-refractivity contribution >= 4 is 27.3 Å². The summed E-state index contributed by atoms with van der Waals surface area (Å²) < 4.78 is 31.9. The van der Waals surface area contributed by atoms with E-state index in [4.69, 9.17) is 4.52 Å². The van der Waals surface area contributed by atoms with Crippen molar-refractivity contribution in [3.63, 3.8) is 0 Å². The molecular weight excluding hydrogens is 362 g/mol. The Balaban J connectivity index is 1.63. The number of thiophene rings is 1. The molecule has 0 radical (unpaired) electrons. The number of carbonyl (C=O) groups excluding carboxylic acids is 1. The van der Waals surface area contributed by atoms with Gasteiger partial charge in [0.2, 0.25) is 5.91 Å². The number of likely N-dealkylation sites (N-methyl/N-ethyl adjacent to an activating group) is 1. The number of rotatable bonds is 6. The lowest BCUT2D eigenvalue weighted by molar-refractivity contribution is -0.129. The molecule has 9 heteroatoms. The number of sulfonamides is 1. The number of carbonyl (C=O) groups is 1. The van der Waals surface area contributed by atoms with E-state index in [1.165, 1.54) is 15.6 Å². The quantitative estimate of drug-likeness (QED) is 0.762. The van der Waals surface area contributed by atoms with Crippen molar-refractivity contribution in [1.82, 2.24) is 14.4 Å². The molecule has 1 aliphatic heterocycles. The molecular formula is C16H21N3O4S2. The van der Waals surface area contributed by atoms with Crippen LogP contribution in [0.4, 0.5) is 0 Å². The Labute approximate surface area is 151 Å². The van der Waals surface area contributed by atoms with Crippen LogP contribution >= 0.6 is 11.3 Å². The van der Waals surface area contributed by atoms with Crippen LogP contribution in [0.2, 0.25) is 0 Å². The van der Waals surface area contributed by atoms with Crippen LogP contribution in [0.5, 0.6) is 0 Å². The van der Waals surface area contributed by atoms with Gasteiger partial charge in [-0.25, -0.2) is 8.42 Å². The first-order valence-electron chi connectivity index (χ1n) is 8.11. The van der Waals surface area contributed by atoms with Gasteiger partial charge in [-0.1, -0.05) is 5.16 Å². The van der Waals surface area contributed by atoms with Gasteiger partial charge in [0.15, 0.2) is 0 Å². The Hall–Kier alpha value is -1.71. The zero-order valence-corrected chi connectivity index (χ0v) is 15.9. The van der Waals surface area contributed by atoms with E-state index in [0.29, 0.717) is 35.3 Å². The highest BCUT2D eigenvalue weighted by molar-refractivity contribution is 7.91. The van der Waals surface area contributed by atoms with Crippen LogP contribution in [0.25, 0.3) is 0 Å². The number of aryl methyl sites for hydroxylation is 1. The molecule has 1 aliphatic rings. The van der Waals surface area contributed by atoms with E-state index in [1.54, 1.807) is 37.1 Å². The van der Waals surface area contributed by atoms with Crippen LogP contribution in [-0.2, 0) is 27.8 Å². The first-order valence-corrected chi connectivity index (χ1v) is 10.4. The van der Waals surface area contributed by atoms with Crippen LogP contribution in [0.15, 0.2) is 26.9 Å². The van der Waals surface area contributed by atoms with Crippen LogP contribution in [0.3, 0.4) is 0 Å². The maximum absolute atomic E-state index is 12.5. The molecule has 0 saturated carbocycles. The van der Waals surface area contributed by atoms with Crippen LogP contribution in [-0.4, -0.2) is 48.8 Å². The lowest BCUT2D eigenvalue weighted by atomic mass is 10.3. The third-order valence-electron chi connectivity index (χ3n) is 4.12. The summed E-state index contributed by atoms with van der Waals surface area (Å²) in [5, 5.41) is 3.87. The molecule has 0 aliphatic carbocycles.